The Kier molecular flexibility index (Phi) is 3.22. The van der Waals surface area contributed by atoms with Crippen LogP contribution in [0.1, 0.15) is 12.5 Å². The zero-order valence-electron chi connectivity index (χ0n) is 9.90. The highest BCUT2D eigenvalue weighted by atomic mass is 35.5. The number of benzene rings is 1. The van der Waals surface area contributed by atoms with Crippen LogP contribution < -0.4 is 11.3 Å². The second-order valence-electron chi connectivity index (χ2n) is 4.42. The largest absolute Gasteiger partial charge is 0.328 e. The lowest BCUT2D eigenvalue weighted by Gasteiger charge is -2.10. The van der Waals surface area contributed by atoms with Crippen molar-refractivity contribution in [2.45, 2.75) is 19.4 Å². The Morgan fingerprint density at radius 3 is 2.76 bits per heavy atom. The van der Waals surface area contributed by atoms with E-state index in [0.717, 1.165) is 16.5 Å². The molecule has 1 atom stereocenters. The van der Waals surface area contributed by atoms with Gasteiger partial charge in [-0.3, -0.25) is 4.79 Å². The van der Waals surface area contributed by atoms with Crippen LogP contribution in [0.4, 0.5) is 0 Å². The molecule has 0 amide bonds. The molecule has 0 aliphatic rings. The number of aromatic nitrogens is 1. The average molecular weight is 251 g/mol. The fourth-order valence-electron chi connectivity index (χ4n) is 2.00. The SMILES string of the molecule is CC(N)Cc1cc2ccc(Cl)cc2n(C)c1=O. The van der Waals surface area contributed by atoms with Gasteiger partial charge in [0.1, 0.15) is 0 Å². The number of hydrogen-bond donors (Lipinski definition) is 1. The van der Waals surface area contributed by atoms with E-state index in [0.29, 0.717) is 11.4 Å². The molecule has 0 saturated carbocycles. The first-order valence-electron chi connectivity index (χ1n) is 5.53. The zero-order chi connectivity index (χ0) is 12.6. The summed E-state index contributed by atoms with van der Waals surface area (Å²) < 4.78 is 1.62. The summed E-state index contributed by atoms with van der Waals surface area (Å²) in [5, 5.41) is 1.64. The Morgan fingerprint density at radius 2 is 2.12 bits per heavy atom. The molecule has 0 radical (unpaired) electrons. The summed E-state index contributed by atoms with van der Waals surface area (Å²) in [5.41, 5.74) is 7.33. The summed E-state index contributed by atoms with van der Waals surface area (Å²) in [7, 11) is 1.76. The number of fused-ring (bicyclic) bond motifs is 1. The average Bonchev–Trinajstić information content (AvgIpc) is 2.26. The van der Waals surface area contributed by atoms with Crippen LogP contribution in [0.3, 0.4) is 0 Å². The summed E-state index contributed by atoms with van der Waals surface area (Å²) in [6.45, 7) is 1.89. The molecule has 2 rings (SSSR count). The molecule has 0 fully saturated rings. The molecule has 0 aliphatic heterocycles. The van der Waals surface area contributed by atoms with E-state index in [2.05, 4.69) is 0 Å². The molecule has 17 heavy (non-hydrogen) atoms. The van der Waals surface area contributed by atoms with Gasteiger partial charge >= 0.3 is 0 Å². The third-order valence-electron chi connectivity index (χ3n) is 2.80. The Labute approximate surface area is 105 Å². The fraction of sp³-hybridized carbons (Fsp3) is 0.308. The van der Waals surface area contributed by atoms with Crippen molar-refractivity contribution in [1.82, 2.24) is 4.57 Å². The van der Waals surface area contributed by atoms with E-state index in [-0.39, 0.29) is 11.6 Å². The molecule has 90 valence electrons. The van der Waals surface area contributed by atoms with Crippen molar-refractivity contribution in [1.29, 1.82) is 0 Å². The van der Waals surface area contributed by atoms with Crippen molar-refractivity contribution in [3.05, 3.63) is 45.2 Å². The Morgan fingerprint density at radius 1 is 1.41 bits per heavy atom. The van der Waals surface area contributed by atoms with Crippen molar-refractivity contribution in [3.63, 3.8) is 0 Å². The molecule has 0 aliphatic carbocycles. The Bertz CT molecular complexity index is 617. The maximum Gasteiger partial charge on any atom is 0.254 e. The molecule has 3 nitrogen and oxygen atoms in total. The third-order valence-corrected chi connectivity index (χ3v) is 3.04. The minimum Gasteiger partial charge on any atom is -0.328 e. The van der Waals surface area contributed by atoms with Gasteiger partial charge in [0.2, 0.25) is 0 Å². The first-order chi connectivity index (χ1) is 7.99. The Balaban J connectivity index is 2.71. The number of rotatable bonds is 2. The molecule has 0 spiro atoms. The molecule has 1 aromatic heterocycles. The van der Waals surface area contributed by atoms with E-state index < -0.39 is 0 Å². The van der Waals surface area contributed by atoms with Gasteiger partial charge in [0.15, 0.2) is 0 Å². The summed E-state index contributed by atoms with van der Waals surface area (Å²) in [6, 6.07) is 7.42. The lowest BCUT2D eigenvalue weighted by atomic mass is 10.1. The van der Waals surface area contributed by atoms with Crippen molar-refractivity contribution in [2.24, 2.45) is 12.8 Å². The number of pyridine rings is 1. The summed E-state index contributed by atoms with van der Waals surface area (Å²) in [4.78, 5) is 12.1. The van der Waals surface area contributed by atoms with Gasteiger partial charge in [0, 0.05) is 23.7 Å². The van der Waals surface area contributed by atoms with Crippen molar-refractivity contribution in [2.75, 3.05) is 0 Å². The van der Waals surface area contributed by atoms with Gasteiger partial charge in [0.25, 0.3) is 5.56 Å². The number of hydrogen-bond acceptors (Lipinski definition) is 2. The van der Waals surface area contributed by atoms with Crippen molar-refractivity contribution < 1.29 is 0 Å². The first-order valence-corrected chi connectivity index (χ1v) is 5.90. The molecular formula is C13H15ClN2O. The van der Waals surface area contributed by atoms with Crippen LogP contribution >= 0.6 is 11.6 Å². The maximum absolute atomic E-state index is 12.1. The van der Waals surface area contributed by atoms with E-state index in [4.69, 9.17) is 17.3 Å². The van der Waals surface area contributed by atoms with Crippen LogP contribution in [-0.2, 0) is 13.5 Å². The predicted octanol–water partition coefficient (Wildman–Crippen LogP) is 2.08. The highest BCUT2D eigenvalue weighted by Crippen LogP contribution is 2.18. The second kappa shape index (κ2) is 4.51. The quantitative estimate of drug-likeness (QED) is 0.887. The Hall–Kier alpha value is -1.32. The number of aryl methyl sites for hydroxylation is 1. The van der Waals surface area contributed by atoms with E-state index >= 15 is 0 Å². The van der Waals surface area contributed by atoms with Crippen LogP contribution in [0, 0.1) is 0 Å². The smallest absolute Gasteiger partial charge is 0.254 e. The maximum atomic E-state index is 12.1. The highest BCUT2D eigenvalue weighted by molar-refractivity contribution is 6.31. The summed E-state index contributed by atoms with van der Waals surface area (Å²) >= 11 is 5.93. The lowest BCUT2D eigenvalue weighted by molar-refractivity contribution is 0.722. The van der Waals surface area contributed by atoms with Crippen LogP contribution in [0.15, 0.2) is 29.1 Å². The van der Waals surface area contributed by atoms with E-state index in [9.17, 15) is 4.79 Å². The van der Waals surface area contributed by atoms with E-state index in [1.165, 1.54) is 0 Å². The lowest BCUT2D eigenvalue weighted by Crippen LogP contribution is -2.27. The summed E-state index contributed by atoms with van der Waals surface area (Å²) in [6.07, 6.45) is 0.589. The molecule has 4 heteroatoms. The minimum atomic E-state index is -0.0209. The number of nitrogens with two attached hydrogens (primary N) is 1. The predicted molar refractivity (Wildman–Crippen MR) is 71.6 cm³/mol. The second-order valence-corrected chi connectivity index (χ2v) is 4.85. The van der Waals surface area contributed by atoms with Crippen LogP contribution in [-0.4, -0.2) is 10.6 Å². The molecular weight excluding hydrogens is 236 g/mol. The monoisotopic (exact) mass is 250 g/mol. The standard InChI is InChI=1S/C13H15ClN2O/c1-8(15)5-10-6-9-3-4-11(14)7-12(9)16(2)13(10)17/h3-4,6-8H,5,15H2,1-2H3. The molecule has 1 aromatic carbocycles. The fourth-order valence-corrected chi connectivity index (χ4v) is 2.16. The minimum absolute atomic E-state index is 0.00272. The molecule has 1 unspecified atom stereocenters. The molecule has 2 N–H and O–H groups in total. The molecule has 0 saturated heterocycles. The van der Waals surface area contributed by atoms with Gasteiger partial charge in [0.05, 0.1) is 5.52 Å². The van der Waals surface area contributed by atoms with Gasteiger partial charge in [-0.15, -0.1) is 0 Å². The normalized spacial score (nSPS) is 12.9. The topological polar surface area (TPSA) is 48.0 Å². The number of halogens is 1. The van der Waals surface area contributed by atoms with Gasteiger partial charge < -0.3 is 10.3 Å². The third kappa shape index (κ3) is 2.35. The number of nitrogens with zero attached hydrogens (tertiary/aromatic N) is 1. The summed E-state index contributed by atoms with van der Waals surface area (Å²) in [5.74, 6) is 0. The van der Waals surface area contributed by atoms with E-state index in [1.807, 2.05) is 25.1 Å². The van der Waals surface area contributed by atoms with Gasteiger partial charge in [-0.25, -0.2) is 0 Å². The van der Waals surface area contributed by atoms with Gasteiger partial charge in [-0.2, -0.15) is 0 Å². The zero-order valence-corrected chi connectivity index (χ0v) is 10.7. The van der Waals surface area contributed by atoms with Crippen LogP contribution in [0.5, 0.6) is 0 Å². The molecule has 0 bridgehead atoms. The van der Waals surface area contributed by atoms with Crippen LogP contribution in [0.2, 0.25) is 5.02 Å². The molecule has 1 heterocycles. The first kappa shape index (κ1) is 12.1. The molecule has 2 aromatic rings. The van der Waals surface area contributed by atoms with Crippen molar-refractivity contribution >= 4 is 22.5 Å². The van der Waals surface area contributed by atoms with Crippen LogP contribution in [0.25, 0.3) is 10.9 Å². The van der Waals surface area contributed by atoms with Gasteiger partial charge in [-0.05, 0) is 36.9 Å². The van der Waals surface area contributed by atoms with E-state index in [1.54, 1.807) is 17.7 Å². The van der Waals surface area contributed by atoms with Crippen molar-refractivity contribution in [3.8, 4) is 0 Å². The van der Waals surface area contributed by atoms with Gasteiger partial charge in [-0.1, -0.05) is 17.7 Å². The highest BCUT2D eigenvalue weighted by Gasteiger charge is 2.08.